The summed E-state index contributed by atoms with van der Waals surface area (Å²) in [6.07, 6.45) is 3.83. The molecule has 1 N–H and O–H groups in total. The first kappa shape index (κ1) is 13.8. The Morgan fingerprint density at radius 3 is 2.79 bits per heavy atom. The summed E-state index contributed by atoms with van der Waals surface area (Å²) < 4.78 is 0. The number of hydrogen-bond acceptors (Lipinski definition) is 3. The van der Waals surface area contributed by atoms with Gasteiger partial charge in [0.2, 0.25) is 0 Å². The lowest BCUT2D eigenvalue weighted by atomic mass is 9.85. The van der Waals surface area contributed by atoms with Crippen LogP contribution in [0.2, 0.25) is 0 Å². The fourth-order valence-corrected chi connectivity index (χ4v) is 2.34. The molecule has 0 radical (unpaired) electrons. The second kappa shape index (κ2) is 6.55. The molecule has 1 heterocycles. The highest BCUT2D eigenvalue weighted by Gasteiger charge is 2.24. The maximum atomic E-state index is 12.4. The van der Waals surface area contributed by atoms with Crippen LogP contribution in [-0.4, -0.2) is 35.4 Å². The van der Waals surface area contributed by atoms with Crippen LogP contribution in [0.5, 0.6) is 0 Å². The Balaban J connectivity index is 2.05. The molecule has 1 aromatic rings. The molecule has 0 spiro atoms. The molecule has 104 valence electrons. The van der Waals surface area contributed by atoms with Gasteiger partial charge in [-0.3, -0.25) is 4.79 Å². The lowest BCUT2D eigenvalue weighted by Gasteiger charge is -2.31. The Kier molecular flexibility index (Phi) is 4.77. The molecule has 4 nitrogen and oxygen atoms in total. The molecule has 0 bridgehead atoms. The van der Waals surface area contributed by atoms with Gasteiger partial charge in [-0.05, 0) is 44.7 Å². The fraction of sp³-hybridized carbons (Fsp3) is 0.600. The number of carbonyl (C=O) groups is 1. The summed E-state index contributed by atoms with van der Waals surface area (Å²) in [6, 6.07) is 5.57. The molecule has 1 aromatic heterocycles. The number of carbonyl (C=O) groups excluding carboxylic acids is 1. The monoisotopic (exact) mass is 261 g/mol. The maximum Gasteiger partial charge on any atom is 0.272 e. The summed E-state index contributed by atoms with van der Waals surface area (Å²) in [6.45, 7) is 6.49. The van der Waals surface area contributed by atoms with Crippen LogP contribution in [-0.2, 0) is 0 Å². The van der Waals surface area contributed by atoms with Gasteiger partial charge < -0.3 is 10.2 Å². The van der Waals surface area contributed by atoms with Crippen LogP contribution in [0.25, 0.3) is 0 Å². The average Bonchev–Trinajstić information content (AvgIpc) is 2.38. The third-order valence-corrected chi connectivity index (χ3v) is 3.70. The lowest BCUT2D eigenvalue weighted by Crippen LogP contribution is -2.37. The first-order chi connectivity index (χ1) is 9.24. The SMILES string of the molecule is CCNc1cccc(C(=O)N(CC)CC2CCC2)n1. The predicted octanol–water partition coefficient (Wildman–Crippen LogP) is 2.78. The predicted molar refractivity (Wildman–Crippen MR) is 77.3 cm³/mol. The van der Waals surface area contributed by atoms with Crippen LogP contribution in [0.4, 0.5) is 5.82 Å². The topological polar surface area (TPSA) is 45.2 Å². The summed E-state index contributed by atoms with van der Waals surface area (Å²) >= 11 is 0. The Bertz CT molecular complexity index is 429. The molecule has 2 rings (SSSR count). The van der Waals surface area contributed by atoms with E-state index in [4.69, 9.17) is 0 Å². The molecular formula is C15H23N3O. The van der Waals surface area contributed by atoms with Crippen LogP contribution in [0.3, 0.4) is 0 Å². The van der Waals surface area contributed by atoms with Crippen molar-refractivity contribution in [3.63, 3.8) is 0 Å². The van der Waals surface area contributed by atoms with Crippen molar-refractivity contribution in [2.24, 2.45) is 5.92 Å². The number of anilines is 1. The second-order valence-electron chi connectivity index (χ2n) is 5.08. The molecule has 19 heavy (non-hydrogen) atoms. The molecule has 0 saturated heterocycles. The van der Waals surface area contributed by atoms with Gasteiger partial charge in [-0.1, -0.05) is 12.5 Å². The summed E-state index contributed by atoms with van der Waals surface area (Å²) in [4.78, 5) is 18.7. The van der Waals surface area contributed by atoms with Crippen molar-refractivity contribution in [3.8, 4) is 0 Å². The van der Waals surface area contributed by atoms with Crippen molar-refractivity contribution in [1.82, 2.24) is 9.88 Å². The summed E-state index contributed by atoms with van der Waals surface area (Å²) in [5.74, 6) is 1.52. The third kappa shape index (κ3) is 3.46. The van der Waals surface area contributed by atoms with Gasteiger partial charge in [0.05, 0.1) is 0 Å². The number of amides is 1. The number of nitrogens with zero attached hydrogens (tertiary/aromatic N) is 2. The van der Waals surface area contributed by atoms with Crippen molar-refractivity contribution < 1.29 is 4.79 Å². The Hall–Kier alpha value is -1.58. The number of hydrogen-bond donors (Lipinski definition) is 1. The quantitative estimate of drug-likeness (QED) is 0.856. The zero-order valence-electron chi connectivity index (χ0n) is 11.9. The Labute approximate surface area is 115 Å². The average molecular weight is 261 g/mol. The van der Waals surface area contributed by atoms with E-state index >= 15 is 0 Å². The largest absolute Gasteiger partial charge is 0.370 e. The minimum Gasteiger partial charge on any atom is -0.370 e. The van der Waals surface area contributed by atoms with Gasteiger partial charge in [0.25, 0.3) is 5.91 Å². The molecule has 1 aliphatic carbocycles. The van der Waals surface area contributed by atoms with Crippen LogP contribution in [0.1, 0.15) is 43.6 Å². The van der Waals surface area contributed by atoms with Gasteiger partial charge in [0.15, 0.2) is 0 Å². The molecule has 0 aromatic carbocycles. The standard InChI is InChI=1S/C15H23N3O/c1-3-16-14-10-6-9-13(17-14)15(19)18(4-2)11-12-7-5-8-12/h6,9-10,12H,3-5,7-8,11H2,1-2H3,(H,16,17). The molecule has 1 amide bonds. The molecule has 1 aliphatic rings. The number of rotatable bonds is 6. The van der Waals surface area contributed by atoms with Gasteiger partial charge in [0.1, 0.15) is 11.5 Å². The van der Waals surface area contributed by atoms with Gasteiger partial charge in [-0.25, -0.2) is 4.98 Å². The van der Waals surface area contributed by atoms with Crippen LogP contribution >= 0.6 is 0 Å². The first-order valence-electron chi connectivity index (χ1n) is 7.24. The number of aromatic nitrogens is 1. The molecule has 4 heteroatoms. The van der Waals surface area contributed by atoms with E-state index < -0.39 is 0 Å². The normalized spacial score (nSPS) is 14.8. The number of pyridine rings is 1. The van der Waals surface area contributed by atoms with Gasteiger partial charge in [0, 0.05) is 19.6 Å². The van der Waals surface area contributed by atoms with Crippen LogP contribution in [0, 0.1) is 5.92 Å². The minimum atomic E-state index is 0.0501. The Morgan fingerprint density at radius 2 is 2.21 bits per heavy atom. The van der Waals surface area contributed by atoms with Crippen LogP contribution < -0.4 is 5.32 Å². The van der Waals surface area contributed by atoms with E-state index in [-0.39, 0.29) is 5.91 Å². The molecular weight excluding hydrogens is 238 g/mol. The highest BCUT2D eigenvalue weighted by molar-refractivity contribution is 5.92. The summed E-state index contributed by atoms with van der Waals surface area (Å²) in [7, 11) is 0. The molecule has 0 unspecified atom stereocenters. The molecule has 1 saturated carbocycles. The van der Waals surface area contributed by atoms with Gasteiger partial charge in [-0.15, -0.1) is 0 Å². The van der Waals surface area contributed by atoms with E-state index in [9.17, 15) is 4.79 Å². The second-order valence-corrected chi connectivity index (χ2v) is 5.08. The summed E-state index contributed by atoms with van der Waals surface area (Å²) in [5, 5.41) is 3.14. The first-order valence-corrected chi connectivity index (χ1v) is 7.24. The fourth-order valence-electron chi connectivity index (χ4n) is 2.34. The van der Waals surface area contributed by atoms with Crippen molar-refractivity contribution in [3.05, 3.63) is 23.9 Å². The molecule has 1 fully saturated rings. The highest BCUT2D eigenvalue weighted by Crippen LogP contribution is 2.27. The third-order valence-electron chi connectivity index (χ3n) is 3.70. The minimum absolute atomic E-state index is 0.0501. The van der Waals surface area contributed by atoms with E-state index in [0.717, 1.165) is 25.5 Å². The van der Waals surface area contributed by atoms with Crippen molar-refractivity contribution in [2.75, 3.05) is 25.0 Å². The van der Waals surface area contributed by atoms with Crippen molar-refractivity contribution in [2.45, 2.75) is 33.1 Å². The molecule has 0 atom stereocenters. The molecule has 0 aliphatic heterocycles. The number of nitrogens with one attached hydrogen (secondary N) is 1. The van der Waals surface area contributed by atoms with Crippen LogP contribution in [0.15, 0.2) is 18.2 Å². The zero-order valence-corrected chi connectivity index (χ0v) is 11.9. The van der Waals surface area contributed by atoms with E-state index in [1.807, 2.05) is 30.9 Å². The van der Waals surface area contributed by atoms with E-state index in [2.05, 4.69) is 10.3 Å². The smallest absolute Gasteiger partial charge is 0.272 e. The summed E-state index contributed by atoms with van der Waals surface area (Å²) in [5.41, 5.74) is 0.541. The Morgan fingerprint density at radius 1 is 1.42 bits per heavy atom. The van der Waals surface area contributed by atoms with E-state index in [1.54, 1.807) is 6.07 Å². The van der Waals surface area contributed by atoms with Gasteiger partial charge in [-0.2, -0.15) is 0 Å². The van der Waals surface area contributed by atoms with Gasteiger partial charge >= 0.3 is 0 Å². The van der Waals surface area contributed by atoms with E-state index in [0.29, 0.717) is 11.6 Å². The lowest BCUT2D eigenvalue weighted by molar-refractivity contribution is 0.0701. The van der Waals surface area contributed by atoms with Crippen molar-refractivity contribution >= 4 is 11.7 Å². The maximum absolute atomic E-state index is 12.4. The van der Waals surface area contributed by atoms with E-state index in [1.165, 1.54) is 19.3 Å². The highest BCUT2D eigenvalue weighted by atomic mass is 16.2. The zero-order chi connectivity index (χ0) is 13.7. The van der Waals surface area contributed by atoms with Crippen molar-refractivity contribution in [1.29, 1.82) is 0 Å².